The molecule has 0 bridgehead atoms. The highest BCUT2D eigenvalue weighted by molar-refractivity contribution is 14.0. The van der Waals surface area contributed by atoms with E-state index in [1.54, 1.807) is 14.2 Å². The minimum Gasteiger partial charge on any atom is -0.497 e. The summed E-state index contributed by atoms with van der Waals surface area (Å²) in [5.41, 5.74) is 3.58. The van der Waals surface area contributed by atoms with Gasteiger partial charge in [0.05, 0.1) is 13.2 Å². The van der Waals surface area contributed by atoms with Crippen molar-refractivity contribution in [3.8, 4) is 5.75 Å². The van der Waals surface area contributed by atoms with Gasteiger partial charge in [-0.3, -0.25) is 4.99 Å². The lowest BCUT2D eigenvalue weighted by Crippen LogP contribution is -2.38. The maximum atomic E-state index is 5.32. The standard InChI is InChI=1S/C19H25N3O.HI/c1-14-10-16(12-18(11-14)23-4)13-21-19(20-3)22-15(2)17-8-6-5-7-9-17;/h5-12,15H,13H2,1-4H3,(H2,20,21,22);1H. The molecule has 0 aliphatic rings. The van der Waals surface area contributed by atoms with Crippen LogP contribution in [0.5, 0.6) is 5.75 Å². The van der Waals surface area contributed by atoms with E-state index in [4.69, 9.17) is 4.74 Å². The quantitative estimate of drug-likeness (QED) is 0.420. The number of hydrogen-bond donors (Lipinski definition) is 2. The number of halogens is 1. The summed E-state index contributed by atoms with van der Waals surface area (Å²) in [6, 6.07) is 16.7. The Balaban J connectivity index is 0.00000288. The summed E-state index contributed by atoms with van der Waals surface area (Å²) >= 11 is 0. The number of nitrogens with zero attached hydrogens (tertiary/aromatic N) is 1. The Morgan fingerprint density at radius 3 is 2.50 bits per heavy atom. The zero-order chi connectivity index (χ0) is 16.7. The Bertz CT molecular complexity index is 659. The molecule has 5 heteroatoms. The first-order chi connectivity index (χ1) is 11.1. The van der Waals surface area contributed by atoms with Crippen LogP contribution in [0.4, 0.5) is 0 Å². The van der Waals surface area contributed by atoms with E-state index in [9.17, 15) is 0 Å². The van der Waals surface area contributed by atoms with Gasteiger partial charge in [0.2, 0.25) is 0 Å². The van der Waals surface area contributed by atoms with E-state index >= 15 is 0 Å². The van der Waals surface area contributed by atoms with E-state index in [0.717, 1.165) is 17.3 Å². The smallest absolute Gasteiger partial charge is 0.191 e. The summed E-state index contributed by atoms with van der Waals surface area (Å²) in [7, 11) is 3.47. The largest absolute Gasteiger partial charge is 0.497 e. The molecule has 2 aromatic rings. The summed E-state index contributed by atoms with van der Waals surface area (Å²) in [6.07, 6.45) is 0. The van der Waals surface area contributed by atoms with Crippen LogP contribution >= 0.6 is 24.0 Å². The van der Waals surface area contributed by atoms with E-state index in [0.29, 0.717) is 6.54 Å². The van der Waals surface area contributed by atoms with Crippen LogP contribution in [0.25, 0.3) is 0 Å². The number of ether oxygens (including phenoxy) is 1. The molecule has 0 aliphatic carbocycles. The normalized spacial score (nSPS) is 12.1. The summed E-state index contributed by atoms with van der Waals surface area (Å²) in [6.45, 7) is 4.88. The van der Waals surface area contributed by atoms with Gasteiger partial charge in [0.1, 0.15) is 5.75 Å². The summed E-state index contributed by atoms with van der Waals surface area (Å²) in [5, 5.41) is 6.75. The lowest BCUT2D eigenvalue weighted by molar-refractivity contribution is 0.414. The highest BCUT2D eigenvalue weighted by Gasteiger charge is 2.07. The summed E-state index contributed by atoms with van der Waals surface area (Å²) < 4.78 is 5.32. The second-order valence-corrected chi connectivity index (χ2v) is 5.56. The van der Waals surface area contributed by atoms with Crippen LogP contribution < -0.4 is 15.4 Å². The third-order valence-corrected chi connectivity index (χ3v) is 3.68. The number of aliphatic imine (C=N–C) groups is 1. The number of methoxy groups -OCH3 is 1. The van der Waals surface area contributed by atoms with Gasteiger partial charge in [-0.25, -0.2) is 0 Å². The second-order valence-electron chi connectivity index (χ2n) is 5.56. The molecule has 4 nitrogen and oxygen atoms in total. The van der Waals surface area contributed by atoms with Gasteiger partial charge in [0.25, 0.3) is 0 Å². The van der Waals surface area contributed by atoms with Crippen LogP contribution in [0, 0.1) is 6.92 Å². The molecule has 2 rings (SSSR count). The summed E-state index contributed by atoms with van der Waals surface area (Å²) in [4.78, 5) is 4.30. The van der Waals surface area contributed by atoms with Gasteiger partial charge < -0.3 is 15.4 Å². The second kappa shape index (κ2) is 10.2. The van der Waals surface area contributed by atoms with Crippen LogP contribution in [0.15, 0.2) is 53.5 Å². The van der Waals surface area contributed by atoms with Gasteiger partial charge in [0, 0.05) is 13.6 Å². The van der Waals surface area contributed by atoms with Crippen molar-refractivity contribution in [2.75, 3.05) is 14.2 Å². The molecular weight excluding hydrogens is 413 g/mol. The first-order valence-corrected chi connectivity index (χ1v) is 7.79. The van der Waals surface area contributed by atoms with E-state index in [1.807, 2.05) is 30.3 Å². The Morgan fingerprint density at radius 1 is 1.17 bits per heavy atom. The van der Waals surface area contributed by atoms with Crippen LogP contribution in [0.3, 0.4) is 0 Å². The van der Waals surface area contributed by atoms with Crippen LogP contribution in [0.2, 0.25) is 0 Å². The molecule has 130 valence electrons. The molecule has 0 radical (unpaired) electrons. The van der Waals surface area contributed by atoms with E-state index < -0.39 is 0 Å². The van der Waals surface area contributed by atoms with Gasteiger partial charge in [-0.2, -0.15) is 0 Å². The van der Waals surface area contributed by atoms with Crippen LogP contribution in [-0.2, 0) is 6.54 Å². The van der Waals surface area contributed by atoms with Crippen molar-refractivity contribution in [2.45, 2.75) is 26.4 Å². The molecule has 0 aromatic heterocycles. The fraction of sp³-hybridized carbons (Fsp3) is 0.316. The van der Waals surface area contributed by atoms with Crippen LogP contribution in [-0.4, -0.2) is 20.1 Å². The summed E-state index contributed by atoms with van der Waals surface area (Å²) in [5.74, 6) is 1.66. The van der Waals surface area contributed by atoms with Crippen molar-refractivity contribution in [3.63, 3.8) is 0 Å². The minimum absolute atomic E-state index is 0. The molecule has 24 heavy (non-hydrogen) atoms. The Kier molecular flexibility index (Phi) is 8.60. The van der Waals surface area contributed by atoms with Gasteiger partial charge in [-0.1, -0.05) is 36.4 Å². The average Bonchev–Trinajstić information content (AvgIpc) is 2.58. The van der Waals surface area contributed by atoms with Crippen molar-refractivity contribution in [3.05, 3.63) is 65.2 Å². The molecule has 0 aliphatic heterocycles. The molecule has 2 aromatic carbocycles. The zero-order valence-corrected chi connectivity index (χ0v) is 17.0. The maximum Gasteiger partial charge on any atom is 0.191 e. The highest BCUT2D eigenvalue weighted by Crippen LogP contribution is 2.16. The number of benzene rings is 2. The topological polar surface area (TPSA) is 45.7 Å². The van der Waals surface area contributed by atoms with Crippen molar-refractivity contribution in [1.82, 2.24) is 10.6 Å². The third-order valence-electron chi connectivity index (χ3n) is 3.68. The van der Waals surface area contributed by atoms with E-state index in [-0.39, 0.29) is 30.0 Å². The van der Waals surface area contributed by atoms with Gasteiger partial charge >= 0.3 is 0 Å². The predicted octanol–water partition coefficient (Wildman–Crippen LogP) is 4.05. The lowest BCUT2D eigenvalue weighted by Gasteiger charge is -2.18. The molecule has 1 atom stereocenters. The number of rotatable bonds is 5. The Morgan fingerprint density at radius 2 is 1.88 bits per heavy atom. The van der Waals surface area contributed by atoms with Gasteiger partial charge in [-0.05, 0) is 42.7 Å². The molecule has 0 saturated heterocycles. The van der Waals surface area contributed by atoms with Crippen molar-refractivity contribution in [1.29, 1.82) is 0 Å². The van der Waals surface area contributed by atoms with Gasteiger partial charge in [0.15, 0.2) is 5.96 Å². The minimum atomic E-state index is 0. The SMILES string of the molecule is CN=C(NCc1cc(C)cc(OC)c1)NC(C)c1ccccc1.I. The zero-order valence-electron chi connectivity index (χ0n) is 14.7. The number of guanidine groups is 1. The monoisotopic (exact) mass is 439 g/mol. The van der Waals surface area contributed by atoms with Crippen molar-refractivity contribution >= 4 is 29.9 Å². The van der Waals surface area contributed by atoms with E-state index in [2.05, 4.69) is 47.7 Å². The molecule has 0 heterocycles. The molecular formula is C19H26IN3O. The molecule has 1 unspecified atom stereocenters. The molecule has 0 spiro atoms. The van der Waals surface area contributed by atoms with Crippen molar-refractivity contribution in [2.24, 2.45) is 4.99 Å². The van der Waals surface area contributed by atoms with Crippen molar-refractivity contribution < 1.29 is 4.74 Å². The first kappa shape index (κ1) is 20.3. The Hall–Kier alpha value is -1.76. The lowest BCUT2D eigenvalue weighted by atomic mass is 10.1. The fourth-order valence-corrected chi connectivity index (χ4v) is 2.46. The molecule has 0 saturated carbocycles. The number of aryl methyl sites for hydroxylation is 1. The highest BCUT2D eigenvalue weighted by atomic mass is 127. The number of nitrogens with one attached hydrogen (secondary N) is 2. The van der Waals surface area contributed by atoms with Gasteiger partial charge in [-0.15, -0.1) is 24.0 Å². The Labute approximate surface area is 161 Å². The first-order valence-electron chi connectivity index (χ1n) is 7.79. The number of hydrogen-bond acceptors (Lipinski definition) is 2. The molecule has 0 fully saturated rings. The van der Waals surface area contributed by atoms with E-state index in [1.165, 1.54) is 11.1 Å². The maximum absolute atomic E-state index is 5.32. The fourth-order valence-electron chi connectivity index (χ4n) is 2.46. The van der Waals surface area contributed by atoms with Crippen LogP contribution in [0.1, 0.15) is 29.7 Å². The third kappa shape index (κ3) is 6.03. The average molecular weight is 439 g/mol. The molecule has 0 amide bonds. The molecule has 2 N–H and O–H groups in total. The predicted molar refractivity (Wildman–Crippen MR) is 111 cm³/mol.